The summed E-state index contributed by atoms with van der Waals surface area (Å²) in [5.74, 6) is -1.72. The van der Waals surface area contributed by atoms with Gasteiger partial charge in [0, 0.05) is 18.7 Å². The molecule has 2 heterocycles. The Bertz CT molecular complexity index is 1080. The summed E-state index contributed by atoms with van der Waals surface area (Å²) >= 11 is 0. The van der Waals surface area contributed by atoms with E-state index in [1.54, 1.807) is 30.0 Å². The molecule has 0 N–H and O–H groups in total. The number of carbonyl (C=O) groups is 4. The third kappa shape index (κ3) is 3.71. The van der Waals surface area contributed by atoms with Gasteiger partial charge < -0.3 is 9.64 Å². The number of fused-ring (bicyclic) bond motifs is 1. The second kappa shape index (κ2) is 8.34. The summed E-state index contributed by atoms with van der Waals surface area (Å²) in [6, 6.07) is 11.8. The Morgan fingerprint density at radius 2 is 1.81 bits per heavy atom. The first-order valence-corrected chi connectivity index (χ1v) is 10.5. The average Bonchev–Trinajstić information content (AvgIpc) is 3.03. The molecular formula is C24H24N2O5. The van der Waals surface area contributed by atoms with E-state index in [1.165, 1.54) is 12.1 Å². The third-order valence-corrected chi connectivity index (χ3v) is 5.82. The lowest BCUT2D eigenvalue weighted by atomic mass is 9.97. The molecule has 2 aliphatic heterocycles. The summed E-state index contributed by atoms with van der Waals surface area (Å²) in [5.41, 5.74) is 2.18. The van der Waals surface area contributed by atoms with Gasteiger partial charge in [0.25, 0.3) is 17.7 Å². The highest BCUT2D eigenvalue weighted by Crippen LogP contribution is 2.31. The minimum atomic E-state index is -0.438. The number of carbonyl (C=O) groups excluding carboxylic acids is 4. The lowest BCUT2D eigenvalue weighted by Gasteiger charge is -2.31. The summed E-state index contributed by atoms with van der Waals surface area (Å²) in [7, 11) is 0. The van der Waals surface area contributed by atoms with Crippen LogP contribution in [0.1, 0.15) is 56.4 Å². The molecular weight excluding hydrogens is 396 g/mol. The molecule has 7 nitrogen and oxygen atoms in total. The number of piperidine rings is 1. The number of nitrogens with zero attached hydrogens (tertiary/aromatic N) is 2. The fourth-order valence-corrected chi connectivity index (χ4v) is 4.20. The van der Waals surface area contributed by atoms with Gasteiger partial charge in [-0.25, -0.2) is 4.90 Å². The number of hydrogen-bond acceptors (Lipinski definition) is 5. The number of esters is 1. The van der Waals surface area contributed by atoms with Gasteiger partial charge in [0.2, 0.25) is 0 Å². The lowest BCUT2D eigenvalue weighted by molar-refractivity contribution is -0.149. The SMILES string of the molecule is CCOC(=O)C1CCCN(C(=O)c2ccc3c(c2)C(=O)N(c2ccccc2C)C3=O)C1. The van der Waals surface area contributed by atoms with Crippen molar-refractivity contribution in [1.82, 2.24) is 4.90 Å². The van der Waals surface area contributed by atoms with Crippen LogP contribution in [-0.4, -0.2) is 48.3 Å². The summed E-state index contributed by atoms with van der Waals surface area (Å²) in [5, 5.41) is 0. The van der Waals surface area contributed by atoms with Gasteiger partial charge in [0.05, 0.1) is 29.3 Å². The number of rotatable bonds is 4. The maximum absolute atomic E-state index is 13.1. The molecule has 0 aliphatic carbocycles. The number of hydrogen-bond donors (Lipinski definition) is 0. The van der Waals surface area contributed by atoms with Crippen molar-refractivity contribution in [2.75, 3.05) is 24.6 Å². The second-order valence-corrected chi connectivity index (χ2v) is 7.83. The maximum atomic E-state index is 13.1. The molecule has 0 aromatic heterocycles. The predicted octanol–water partition coefficient (Wildman–Crippen LogP) is 3.21. The normalized spacial score (nSPS) is 18.2. The molecule has 0 spiro atoms. The minimum absolute atomic E-state index is 0.220. The molecule has 1 atom stereocenters. The standard InChI is InChI=1S/C24H24N2O5/c1-3-31-24(30)17-8-6-12-25(14-17)21(27)16-10-11-18-19(13-16)23(29)26(22(18)28)20-9-5-4-7-15(20)2/h4-5,7,9-11,13,17H,3,6,8,12,14H2,1-2H3. The zero-order valence-electron chi connectivity index (χ0n) is 17.6. The smallest absolute Gasteiger partial charge is 0.310 e. The maximum Gasteiger partial charge on any atom is 0.310 e. The van der Waals surface area contributed by atoms with Gasteiger partial charge in [-0.2, -0.15) is 0 Å². The molecule has 4 rings (SSSR count). The number of amides is 3. The number of para-hydroxylation sites is 1. The van der Waals surface area contributed by atoms with Crippen LogP contribution in [0.3, 0.4) is 0 Å². The third-order valence-electron chi connectivity index (χ3n) is 5.82. The highest BCUT2D eigenvalue weighted by Gasteiger charge is 2.38. The molecule has 2 aliphatic rings. The van der Waals surface area contributed by atoms with E-state index >= 15 is 0 Å². The zero-order valence-corrected chi connectivity index (χ0v) is 17.6. The van der Waals surface area contributed by atoms with Gasteiger partial charge >= 0.3 is 5.97 Å². The molecule has 2 aromatic rings. The van der Waals surface area contributed by atoms with Crippen molar-refractivity contribution in [2.45, 2.75) is 26.7 Å². The highest BCUT2D eigenvalue weighted by molar-refractivity contribution is 6.35. The zero-order chi connectivity index (χ0) is 22.1. The Morgan fingerprint density at radius 1 is 1.06 bits per heavy atom. The number of ether oxygens (including phenoxy) is 1. The fraction of sp³-hybridized carbons (Fsp3) is 0.333. The van der Waals surface area contributed by atoms with E-state index in [0.717, 1.165) is 10.5 Å². The van der Waals surface area contributed by atoms with Crippen molar-refractivity contribution in [3.8, 4) is 0 Å². The Kier molecular flexibility index (Phi) is 5.59. The average molecular weight is 420 g/mol. The van der Waals surface area contributed by atoms with E-state index in [-0.39, 0.29) is 35.5 Å². The van der Waals surface area contributed by atoms with E-state index in [1.807, 2.05) is 19.1 Å². The molecule has 0 bridgehead atoms. The molecule has 1 fully saturated rings. The number of anilines is 1. The van der Waals surface area contributed by atoms with Gasteiger partial charge in [-0.05, 0) is 56.5 Å². The predicted molar refractivity (Wildman–Crippen MR) is 114 cm³/mol. The van der Waals surface area contributed by atoms with Crippen LogP contribution in [0.4, 0.5) is 5.69 Å². The first-order chi connectivity index (χ1) is 14.9. The molecule has 1 unspecified atom stereocenters. The Labute approximate surface area is 180 Å². The summed E-state index contributed by atoms with van der Waals surface area (Å²) in [4.78, 5) is 53.9. The van der Waals surface area contributed by atoms with Gasteiger partial charge in [-0.1, -0.05) is 18.2 Å². The van der Waals surface area contributed by atoms with Crippen LogP contribution in [0.25, 0.3) is 0 Å². The lowest BCUT2D eigenvalue weighted by Crippen LogP contribution is -2.42. The number of benzene rings is 2. The second-order valence-electron chi connectivity index (χ2n) is 7.83. The minimum Gasteiger partial charge on any atom is -0.466 e. The molecule has 7 heteroatoms. The van der Waals surface area contributed by atoms with Crippen LogP contribution in [-0.2, 0) is 9.53 Å². The number of imide groups is 1. The van der Waals surface area contributed by atoms with Crippen molar-refractivity contribution < 1.29 is 23.9 Å². The summed E-state index contributed by atoms with van der Waals surface area (Å²) in [6.45, 7) is 4.73. The van der Waals surface area contributed by atoms with Crippen molar-refractivity contribution in [3.63, 3.8) is 0 Å². The summed E-state index contributed by atoms with van der Waals surface area (Å²) < 4.78 is 5.10. The van der Waals surface area contributed by atoms with E-state index < -0.39 is 11.8 Å². The van der Waals surface area contributed by atoms with Gasteiger partial charge in [0.15, 0.2) is 0 Å². The number of likely N-dealkylation sites (tertiary alicyclic amines) is 1. The van der Waals surface area contributed by atoms with Crippen LogP contribution < -0.4 is 4.90 Å². The molecule has 0 saturated carbocycles. The van der Waals surface area contributed by atoms with Crippen LogP contribution in [0.5, 0.6) is 0 Å². The Hall–Kier alpha value is -3.48. The van der Waals surface area contributed by atoms with Gasteiger partial charge in [0.1, 0.15) is 0 Å². The largest absolute Gasteiger partial charge is 0.466 e. The van der Waals surface area contributed by atoms with E-state index in [2.05, 4.69) is 0 Å². The van der Waals surface area contributed by atoms with E-state index in [4.69, 9.17) is 4.74 Å². The fourth-order valence-electron chi connectivity index (χ4n) is 4.20. The first-order valence-electron chi connectivity index (χ1n) is 10.5. The van der Waals surface area contributed by atoms with E-state index in [0.29, 0.717) is 37.2 Å². The van der Waals surface area contributed by atoms with Crippen molar-refractivity contribution >= 4 is 29.4 Å². The van der Waals surface area contributed by atoms with Gasteiger partial charge in [-0.3, -0.25) is 19.2 Å². The van der Waals surface area contributed by atoms with E-state index in [9.17, 15) is 19.2 Å². The highest BCUT2D eigenvalue weighted by atomic mass is 16.5. The van der Waals surface area contributed by atoms with Crippen molar-refractivity contribution in [3.05, 3.63) is 64.7 Å². The molecule has 31 heavy (non-hydrogen) atoms. The summed E-state index contributed by atoms with van der Waals surface area (Å²) in [6.07, 6.45) is 1.39. The van der Waals surface area contributed by atoms with Crippen LogP contribution in [0.15, 0.2) is 42.5 Å². The quantitative estimate of drug-likeness (QED) is 0.560. The molecule has 160 valence electrons. The molecule has 1 saturated heterocycles. The number of aryl methyl sites for hydroxylation is 1. The van der Waals surface area contributed by atoms with Crippen LogP contribution in [0, 0.1) is 12.8 Å². The van der Waals surface area contributed by atoms with Crippen molar-refractivity contribution in [1.29, 1.82) is 0 Å². The molecule has 3 amide bonds. The molecule has 2 aromatic carbocycles. The van der Waals surface area contributed by atoms with Crippen LogP contribution >= 0.6 is 0 Å². The monoisotopic (exact) mass is 420 g/mol. The van der Waals surface area contributed by atoms with Crippen molar-refractivity contribution in [2.24, 2.45) is 5.92 Å². The van der Waals surface area contributed by atoms with Crippen LogP contribution in [0.2, 0.25) is 0 Å². The van der Waals surface area contributed by atoms with Gasteiger partial charge in [-0.15, -0.1) is 0 Å². The molecule has 0 radical (unpaired) electrons. The Morgan fingerprint density at radius 3 is 2.55 bits per heavy atom. The Balaban J connectivity index is 1.58. The first kappa shape index (κ1) is 20.8. The topological polar surface area (TPSA) is 84.0 Å².